The number of hydrogen-bond acceptors (Lipinski definition) is 3. The lowest BCUT2D eigenvalue weighted by Gasteiger charge is -2.19. The zero-order valence-electron chi connectivity index (χ0n) is 9.79. The van der Waals surface area contributed by atoms with Crippen molar-refractivity contribution in [2.75, 3.05) is 11.5 Å². The van der Waals surface area contributed by atoms with E-state index in [0.717, 1.165) is 6.07 Å². The molecule has 1 aliphatic rings. The molecule has 1 aromatic carbocycles. The molecule has 102 valence electrons. The van der Waals surface area contributed by atoms with E-state index in [0.29, 0.717) is 0 Å². The summed E-state index contributed by atoms with van der Waals surface area (Å²) in [6, 6.07) is 4.26. The molecule has 1 heterocycles. The molecule has 19 heavy (non-hydrogen) atoms. The number of benzene rings is 1. The Hall–Kier alpha value is -1.00. The molecule has 0 amide bonds. The second kappa shape index (κ2) is 4.84. The number of hydrogen-bond donors (Lipinski definition) is 0. The molecule has 7 heteroatoms. The van der Waals surface area contributed by atoms with E-state index in [4.69, 9.17) is 0 Å². The van der Waals surface area contributed by atoms with Gasteiger partial charge in [0.1, 0.15) is 11.6 Å². The van der Waals surface area contributed by atoms with Crippen LogP contribution in [0.2, 0.25) is 0 Å². The molecule has 1 fully saturated rings. The number of nitriles is 1. The molecule has 0 spiro atoms. The fourth-order valence-corrected chi connectivity index (χ4v) is 4.62. The van der Waals surface area contributed by atoms with E-state index >= 15 is 0 Å². The Bertz CT molecular complexity index is 669. The van der Waals surface area contributed by atoms with Crippen LogP contribution >= 0.6 is 15.9 Å². The second-order valence-electron chi connectivity index (χ2n) is 4.73. The van der Waals surface area contributed by atoms with Crippen molar-refractivity contribution in [3.8, 4) is 6.07 Å². The molecule has 0 bridgehead atoms. The van der Waals surface area contributed by atoms with Gasteiger partial charge in [-0.05, 0) is 40.9 Å². The largest absolute Gasteiger partial charge is 0.229 e. The van der Waals surface area contributed by atoms with E-state index in [1.54, 1.807) is 0 Å². The summed E-state index contributed by atoms with van der Waals surface area (Å²) in [4.78, 5) is 0. The van der Waals surface area contributed by atoms with Gasteiger partial charge in [-0.2, -0.15) is 5.26 Å². The predicted molar refractivity (Wildman–Crippen MR) is 69.1 cm³/mol. The van der Waals surface area contributed by atoms with E-state index in [-0.39, 0.29) is 34.4 Å². The van der Waals surface area contributed by atoms with Gasteiger partial charge in [-0.3, -0.25) is 0 Å². The molecular formula is C12H10BrF2NO2S. The lowest BCUT2D eigenvalue weighted by Crippen LogP contribution is -2.24. The Balaban J connectivity index is 2.41. The maximum atomic E-state index is 13.9. The minimum absolute atomic E-state index is 0.0952. The summed E-state index contributed by atoms with van der Waals surface area (Å²) in [5, 5.41) is 9.19. The van der Waals surface area contributed by atoms with Gasteiger partial charge in [0.05, 0.1) is 27.5 Å². The summed E-state index contributed by atoms with van der Waals surface area (Å²) in [6.07, 6.45) is -0.128. The quantitative estimate of drug-likeness (QED) is 0.771. The molecule has 1 unspecified atom stereocenters. The average molecular weight is 350 g/mol. The van der Waals surface area contributed by atoms with Gasteiger partial charge in [-0.25, -0.2) is 17.2 Å². The Morgan fingerprint density at radius 3 is 2.63 bits per heavy atom. The van der Waals surface area contributed by atoms with Crippen LogP contribution in [0.1, 0.15) is 12.0 Å². The molecule has 0 aliphatic carbocycles. The highest BCUT2D eigenvalue weighted by Gasteiger charge is 2.43. The summed E-state index contributed by atoms with van der Waals surface area (Å²) >= 11 is 2.95. The summed E-state index contributed by atoms with van der Waals surface area (Å²) in [5.41, 5.74) is -1.48. The fraction of sp³-hybridized carbons (Fsp3) is 0.417. The predicted octanol–water partition coefficient (Wildman–Crippen LogP) is 2.60. The van der Waals surface area contributed by atoms with Gasteiger partial charge in [-0.15, -0.1) is 0 Å². The highest BCUT2D eigenvalue weighted by Crippen LogP contribution is 2.37. The monoisotopic (exact) mass is 349 g/mol. The summed E-state index contributed by atoms with van der Waals surface area (Å²) in [5.74, 6) is -2.00. The van der Waals surface area contributed by atoms with E-state index in [1.165, 1.54) is 6.07 Å². The van der Waals surface area contributed by atoms with E-state index < -0.39 is 26.9 Å². The molecule has 3 nitrogen and oxygen atoms in total. The van der Waals surface area contributed by atoms with Gasteiger partial charge in [0, 0.05) is 5.56 Å². The first-order chi connectivity index (χ1) is 8.79. The van der Waals surface area contributed by atoms with Gasteiger partial charge in [0.15, 0.2) is 9.84 Å². The molecule has 1 saturated heterocycles. The molecular weight excluding hydrogens is 340 g/mol. The Labute approximate surface area is 118 Å². The third kappa shape index (κ3) is 2.79. The smallest absolute Gasteiger partial charge is 0.151 e. The van der Waals surface area contributed by atoms with Crippen LogP contribution < -0.4 is 0 Å². The van der Waals surface area contributed by atoms with Crippen LogP contribution in [0.5, 0.6) is 0 Å². The van der Waals surface area contributed by atoms with Crippen LogP contribution in [0, 0.1) is 28.4 Å². The molecule has 0 saturated carbocycles. The van der Waals surface area contributed by atoms with Gasteiger partial charge >= 0.3 is 0 Å². The average Bonchev–Trinajstić information content (AvgIpc) is 2.66. The van der Waals surface area contributed by atoms with E-state index in [1.807, 2.05) is 6.07 Å². The topological polar surface area (TPSA) is 57.9 Å². The lowest BCUT2D eigenvalue weighted by molar-refractivity contribution is 0.424. The van der Waals surface area contributed by atoms with Gasteiger partial charge in [0.25, 0.3) is 0 Å². The van der Waals surface area contributed by atoms with Crippen LogP contribution in [0.4, 0.5) is 8.78 Å². The van der Waals surface area contributed by atoms with Crippen molar-refractivity contribution in [3.05, 3.63) is 33.8 Å². The van der Waals surface area contributed by atoms with E-state index in [2.05, 4.69) is 15.9 Å². The first-order valence-corrected chi connectivity index (χ1v) is 8.14. The number of halogens is 3. The summed E-state index contributed by atoms with van der Waals surface area (Å²) in [6.45, 7) is 0. The van der Waals surface area contributed by atoms with Crippen molar-refractivity contribution in [1.29, 1.82) is 5.26 Å². The Morgan fingerprint density at radius 2 is 2.11 bits per heavy atom. The first kappa shape index (κ1) is 14.4. The zero-order chi connectivity index (χ0) is 14.3. The summed E-state index contributed by atoms with van der Waals surface area (Å²) in [7, 11) is -3.30. The molecule has 1 atom stereocenters. The van der Waals surface area contributed by atoms with Gasteiger partial charge in [0.2, 0.25) is 0 Å². The van der Waals surface area contributed by atoms with E-state index in [9.17, 15) is 22.5 Å². The SMILES string of the molecule is N#CC1(Cc2c(F)ccc(Br)c2F)CCS(=O)(=O)C1. The van der Waals surface area contributed by atoms with Crippen molar-refractivity contribution in [2.45, 2.75) is 12.8 Å². The Kier molecular flexibility index (Phi) is 3.67. The Morgan fingerprint density at radius 1 is 1.42 bits per heavy atom. The van der Waals surface area contributed by atoms with Crippen LogP contribution in [-0.2, 0) is 16.3 Å². The molecule has 0 radical (unpaired) electrons. The molecule has 0 aromatic heterocycles. The van der Waals surface area contributed by atoms with Crippen molar-refractivity contribution in [1.82, 2.24) is 0 Å². The third-order valence-corrected chi connectivity index (χ3v) is 5.71. The molecule has 1 aliphatic heterocycles. The van der Waals surface area contributed by atoms with Crippen LogP contribution in [-0.4, -0.2) is 19.9 Å². The number of sulfone groups is 1. The first-order valence-electron chi connectivity index (χ1n) is 5.53. The zero-order valence-corrected chi connectivity index (χ0v) is 12.2. The number of nitrogens with zero attached hydrogens (tertiary/aromatic N) is 1. The molecule has 0 N–H and O–H groups in total. The van der Waals surface area contributed by atoms with Gasteiger partial charge < -0.3 is 0 Å². The maximum absolute atomic E-state index is 13.9. The van der Waals surface area contributed by atoms with Crippen LogP contribution in [0.3, 0.4) is 0 Å². The van der Waals surface area contributed by atoms with Crippen LogP contribution in [0.25, 0.3) is 0 Å². The highest BCUT2D eigenvalue weighted by atomic mass is 79.9. The van der Waals surface area contributed by atoms with Gasteiger partial charge in [-0.1, -0.05) is 0 Å². The minimum atomic E-state index is -3.30. The summed E-state index contributed by atoms with van der Waals surface area (Å²) < 4.78 is 50.6. The van der Waals surface area contributed by atoms with Crippen molar-refractivity contribution in [3.63, 3.8) is 0 Å². The fourth-order valence-electron chi connectivity index (χ4n) is 2.25. The van der Waals surface area contributed by atoms with Crippen molar-refractivity contribution in [2.24, 2.45) is 5.41 Å². The minimum Gasteiger partial charge on any atom is -0.229 e. The highest BCUT2D eigenvalue weighted by molar-refractivity contribution is 9.10. The lowest BCUT2D eigenvalue weighted by atomic mass is 9.82. The van der Waals surface area contributed by atoms with Crippen molar-refractivity contribution >= 4 is 25.8 Å². The van der Waals surface area contributed by atoms with Crippen molar-refractivity contribution < 1.29 is 17.2 Å². The molecule has 1 aromatic rings. The second-order valence-corrected chi connectivity index (χ2v) is 7.77. The number of rotatable bonds is 2. The standard InChI is InChI=1S/C12H10BrF2NO2S/c13-9-1-2-10(14)8(11(9)15)5-12(6-16)3-4-19(17,18)7-12/h1-2H,3-5,7H2. The normalized spacial score (nSPS) is 25.2. The third-order valence-electron chi connectivity index (χ3n) is 3.28. The van der Waals surface area contributed by atoms with Crippen LogP contribution in [0.15, 0.2) is 16.6 Å². The maximum Gasteiger partial charge on any atom is 0.151 e. The molecule has 2 rings (SSSR count).